The van der Waals surface area contributed by atoms with Gasteiger partial charge in [0, 0.05) is 18.0 Å². The van der Waals surface area contributed by atoms with Crippen LogP contribution in [0.1, 0.15) is 26.7 Å². The first-order valence-electron chi connectivity index (χ1n) is 4.07. The van der Waals surface area contributed by atoms with E-state index in [1.165, 1.54) is 12.8 Å². The summed E-state index contributed by atoms with van der Waals surface area (Å²) in [4.78, 5) is 0. The van der Waals surface area contributed by atoms with Gasteiger partial charge in [0.2, 0.25) is 0 Å². The summed E-state index contributed by atoms with van der Waals surface area (Å²) in [6, 6.07) is 0.569. The molecular weight excluding hydrogens is 146 g/mol. The maximum atomic E-state index is 6.06. The predicted molar refractivity (Wildman–Crippen MR) is 45.5 cm³/mol. The minimum absolute atomic E-state index is 0.377. The molecule has 0 saturated heterocycles. The second kappa shape index (κ2) is 3.59. The third kappa shape index (κ3) is 2.89. The molecule has 1 nitrogen and oxygen atoms in total. The molecule has 1 aliphatic carbocycles. The minimum atomic E-state index is 0.377. The Morgan fingerprint density at radius 3 is 2.50 bits per heavy atom. The molecule has 0 aromatic carbocycles. The average molecular weight is 162 g/mol. The lowest BCUT2D eigenvalue weighted by atomic mass is 10.2. The molecule has 0 spiro atoms. The lowest BCUT2D eigenvalue weighted by molar-refractivity contribution is 0.555. The first-order chi connectivity index (χ1) is 4.70. The lowest BCUT2D eigenvalue weighted by Gasteiger charge is -2.11. The molecule has 0 aromatic rings. The van der Waals surface area contributed by atoms with Gasteiger partial charge >= 0.3 is 0 Å². The highest BCUT2D eigenvalue weighted by molar-refractivity contribution is 6.21. The van der Waals surface area contributed by atoms with Gasteiger partial charge in [0.05, 0.1) is 0 Å². The molecule has 1 unspecified atom stereocenters. The van der Waals surface area contributed by atoms with Crippen molar-refractivity contribution in [1.29, 1.82) is 0 Å². The first kappa shape index (κ1) is 8.35. The van der Waals surface area contributed by atoms with Crippen molar-refractivity contribution in [3.05, 3.63) is 0 Å². The Bertz CT molecular complexity index is 99.4. The summed E-state index contributed by atoms with van der Waals surface area (Å²) in [6.07, 6.45) is 2.68. The monoisotopic (exact) mass is 161 g/mol. The van der Waals surface area contributed by atoms with Crippen molar-refractivity contribution in [2.75, 3.05) is 6.54 Å². The number of halogens is 1. The van der Waals surface area contributed by atoms with E-state index in [1.54, 1.807) is 0 Å². The Hall–Kier alpha value is 0.250. The summed E-state index contributed by atoms with van der Waals surface area (Å²) in [7, 11) is 0. The highest BCUT2D eigenvalue weighted by Crippen LogP contribution is 2.35. The Morgan fingerprint density at radius 1 is 1.50 bits per heavy atom. The standard InChI is InChI=1S/C8H16ClN/c1-6(2)10-5-8(9)7-3-4-7/h6-8,10H,3-5H2,1-2H3. The van der Waals surface area contributed by atoms with Crippen LogP contribution >= 0.6 is 11.6 Å². The molecule has 0 aromatic heterocycles. The van der Waals surface area contributed by atoms with Gasteiger partial charge in [-0.05, 0) is 18.8 Å². The molecule has 60 valence electrons. The third-order valence-corrected chi connectivity index (χ3v) is 2.37. The van der Waals surface area contributed by atoms with Crippen LogP contribution in [-0.4, -0.2) is 18.0 Å². The molecule has 0 amide bonds. The van der Waals surface area contributed by atoms with E-state index in [1.807, 2.05) is 0 Å². The smallest absolute Gasteiger partial charge is 0.0488 e. The van der Waals surface area contributed by atoms with Crippen LogP contribution in [-0.2, 0) is 0 Å². The van der Waals surface area contributed by atoms with E-state index in [-0.39, 0.29) is 0 Å². The Kier molecular flexibility index (Phi) is 2.99. The summed E-state index contributed by atoms with van der Waals surface area (Å²) in [5, 5.41) is 3.71. The fraction of sp³-hybridized carbons (Fsp3) is 1.00. The van der Waals surface area contributed by atoms with Gasteiger partial charge in [-0.2, -0.15) is 0 Å². The fourth-order valence-electron chi connectivity index (χ4n) is 0.973. The van der Waals surface area contributed by atoms with Gasteiger partial charge in [-0.1, -0.05) is 13.8 Å². The topological polar surface area (TPSA) is 12.0 Å². The molecule has 0 heterocycles. The molecule has 1 N–H and O–H groups in total. The first-order valence-corrected chi connectivity index (χ1v) is 4.51. The molecular formula is C8H16ClN. The molecule has 10 heavy (non-hydrogen) atoms. The maximum Gasteiger partial charge on any atom is 0.0488 e. The largest absolute Gasteiger partial charge is 0.313 e. The quantitative estimate of drug-likeness (QED) is 0.622. The molecule has 1 atom stereocenters. The number of alkyl halides is 1. The molecule has 1 rings (SSSR count). The minimum Gasteiger partial charge on any atom is -0.313 e. The Labute approximate surface area is 68.1 Å². The number of hydrogen-bond donors (Lipinski definition) is 1. The van der Waals surface area contributed by atoms with E-state index < -0.39 is 0 Å². The van der Waals surface area contributed by atoms with Crippen molar-refractivity contribution in [2.24, 2.45) is 5.92 Å². The maximum absolute atomic E-state index is 6.06. The molecule has 0 aliphatic heterocycles. The predicted octanol–water partition coefficient (Wildman–Crippen LogP) is 2.00. The van der Waals surface area contributed by atoms with Crippen LogP contribution in [0.2, 0.25) is 0 Å². The van der Waals surface area contributed by atoms with E-state index in [2.05, 4.69) is 19.2 Å². The van der Waals surface area contributed by atoms with E-state index >= 15 is 0 Å². The molecule has 1 saturated carbocycles. The van der Waals surface area contributed by atoms with E-state index in [0.717, 1.165) is 12.5 Å². The van der Waals surface area contributed by atoms with Crippen LogP contribution in [0.3, 0.4) is 0 Å². The van der Waals surface area contributed by atoms with Crippen molar-refractivity contribution in [1.82, 2.24) is 5.32 Å². The van der Waals surface area contributed by atoms with Gasteiger partial charge in [-0.15, -0.1) is 11.6 Å². The summed E-state index contributed by atoms with van der Waals surface area (Å²) in [5.41, 5.74) is 0. The van der Waals surface area contributed by atoms with E-state index in [4.69, 9.17) is 11.6 Å². The summed E-state index contributed by atoms with van der Waals surface area (Å²) < 4.78 is 0. The van der Waals surface area contributed by atoms with Crippen LogP contribution in [0.15, 0.2) is 0 Å². The van der Waals surface area contributed by atoms with Crippen molar-refractivity contribution < 1.29 is 0 Å². The molecule has 0 bridgehead atoms. The highest BCUT2D eigenvalue weighted by atomic mass is 35.5. The van der Waals surface area contributed by atoms with Crippen LogP contribution < -0.4 is 5.32 Å². The van der Waals surface area contributed by atoms with Gasteiger partial charge in [-0.25, -0.2) is 0 Å². The summed E-state index contributed by atoms with van der Waals surface area (Å²) in [6.45, 7) is 5.27. The van der Waals surface area contributed by atoms with Crippen LogP contribution in [0.5, 0.6) is 0 Å². The van der Waals surface area contributed by atoms with Crippen molar-refractivity contribution in [3.63, 3.8) is 0 Å². The zero-order valence-electron chi connectivity index (χ0n) is 6.73. The number of hydrogen-bond acceptors (Lipinski definition) is 1. The Morgan fingerprint density at radius 2 is 2.10 bits per heavy atom. The summed E-state index contributed by atoms with van der Waals surface area (Å²) >= 11 is 6.06. The van der Waals surface area contributed by atoms with Gasteiger partial charge in [0.25, 0.3) is 0 Å². The zero-order chi connectivity index (χ0) is 7.56. The van der Waals surface area contributed by atoms with Crippen molar-refractivity contribution in [2.45, 2.75) is 38.1 Å². The molecule has 1 fully saturated rings. The number of nitrogens with one attached hydrogen (secondary N) is 1. The number of rotatable bonds is 4. The SMILES string of the molecule is CC(C)NCC(Cl)C1CC1. The average Bonchev–Trinajstić information content (AvgIpc) is 2.63. The fourth-order valence-corrected chi connectivity index (χ4v) is 1.31. The van der Waals surface area contributed by atoms with Crippen LogP contribution in [0, 0.1) is 5.92 Å². The van der Waals surface area contributed by atoms with Gasteiger partial charge in [0.15, 0.2) is 0 Å². The second-order valence-electron chi connectivity index (χ2n) is 3.42. The van der Waals surface area contributed by atoms with Gasteiger partial charge in [0.1, 0.15) is 0 Å². The molecule has 0 radical (unpaired) electrons. The normalized spacial score (nSPS) is 21.6. The van der Waals surface area contributed by atoms with Crippen LogP contribution in [0.4, 0.5) is 0 Å². The van der Waals surface area contributed by atoms with Crippen molar-refractivity contribution in [3.8, 4) is 0 Å². The van der Waals surface area contributed by atoms with Crippen LogP contribution in [0.25, 0.3) is 0 Å². The highest BCUT2D eigenvalue weighted by Gasteiger charge is 2.29. The van der Waals surface area contributed by atoms with Gasteiger partial charge < -0.3 is 5.32 Å². The molecule has 1 aliphatic rings. The summed E-state index contributed by atoms with van der Waals surface area (Å²) in [5.74, 6) is 0.813. The van der Waals surface area contributed by atoms with E-state index in [0.29, 0.717) is 11.4 Å². The Balaban J connectivity index is 2.00. The lowest BCUT2D eigenvalue weighted by Crippen LogP contribution is -2.30. The molecule has 2 heteroatoms. The second-order valence-corrected chi connectivity index (χ2v) is 3.98. The van der Waals surface area contributed by atoms with Gasteiger partial charge in [-0.3, -0.25) is 0 Å². The zero-order valence-corrected chi connectivity index (χ0v) is 7.49. The van der Waals surface area contributed by atoms with Crippen molar-refractivity contribution >= 4 is 11.6 Å². The third-order valence-electron chi connectivity index (χ3n) is 1.85. The van der Waals surface area contributed by atoms with E-state index in [9.17, 15) is 0 Å².